The van der Waals surface area contributed by atoms with Gasteiger partial charge in [-0.1, -0.05) is 36.4 Å². The second-order valence-corrected chi connectivity index (χ2v) is 7.50. The summed E-state index contributed by atoms with van der Waals surface area (Å²) >= 11 is 0. The summed E-state index contributed by atoms with van der Waals surface area (Å²) in [5.74, 6) is 0.494. The summed E-state index contributed by atoms with van der Waals surface area (Å²) in [4.78, 5) is 14.7. The smallest absolute Gasteiger partial charge is 0.339 e. The van der Waals surface area contributed by atoms with E-state index in [9.17, 15) is 4.79 Å². The molecule has 1 aliphatic carbocycles. The molecule has 4 nitrogen and oxygen atoms in total. The summed E-state index contributed by atoms with van der Waals surface area (Å²) < 4.78 is 5.02. The molecule has 4 rings (SSSR count). The van der Waals surface area contributed by atoms with Crippen molar-refractivity contribution in [3.63, 3.8) is 0 Å². The molecule has 2 aromatic rings. The molecule has 0 aromatic heterocycles. The minimum absolute atomic E-state index is 0.170. The highest BCUT2D eigenvalue weighted by molar-refractivity contribution is 5.97. The third-order valence-electron chi connectivity index (χ3n) is 6.18. The van der Waals surface area contributed by atoms with Crippen molar-refractivity contribution in [3.8, 4) is 0 Å². The van der Waals surface area contributed by atoms with Crippen molar-refractivity contribution in [2.45, 2.75) is 32.2 Å². The summed E-state index contributed by atoms with van der Waals surface area (Å²) in [7, 11) is 1.44. The lowest BCUT2D eigenvalue weighted by Gasteiger charge is -2.38. The summed E-state index contributed by atoms with van der Waals surface area (Å²) in [6.07, 6.45) is 5.61. The molecule has 0 amide bonds. The molecule has 0 bridgehead atoms. The number of hydrogen-bond donors (Lipinski definition) is 1. The van der Waals surface area contributed by atoms with Crippen molar-refractivity contribution >= 4 is 17.3 Å². The van der Waals surface area contributed by atoms with Gasteiger partial charge < -0.3 is 15.0 Å². The number of nitrogens with zero attached hydrogens (tertiary/aromatic N) is 1. The summed E-state index contributed by atoms with van der Waals surface area (Å²) in [5.41, 5.74) is 5.24. The topological polar surface area (TPSA) is 41.6 Å². The molecule has 1 N–H and O–H groups in total. The second-order valence-electron chi connectivity index (χ2n) is 7.50. The molecule has 146 valence electrons. The molecule has 0 radical (unpaired) electrons. The van der Waals surface area contributed by atoms with Gasteiger partial charge in [0, 0.05) is 24.7 Å². The van der Waals surface area contributed by atoms with Gasteiger partial charge in [0.2, 0.25) is 0 Å². The number of para-hydroxylation sites is 1. The number of methoxy groups -OCH3 is 1. The second kappa shape index (κ2) is 7.70. The first-order valence-corrected chi connectivity index (χ1v) is 10.2. The zero-order valence-corrected chi connectivity index (χ0v) is 16.8. The number of hydrogen-bond acceptors (Lipinski definition) is 4. The van der Waals surface area contributed by atoms with E-state index in [2.05, 4.69) is 66.5 Å². The predicted octanol–water partition coefficient (Wildman–Crippen LogP) is 5.15. The van der Waals surface area contributed by atoms with Gasteiger partial charge in [0.05, 0.1) is 24.4 Å². The Morgan fingerprint density at radius 2 is 1.89 bits per heavy atom. The molecular formula is C24H28N2O2. The van der Waals surface area contributed by atoms with E-state index < -0.39 is 0 Å². The zero-order chi connectivity index (χ0) is 19.7. The van der Waals surface area contributed by atoms with Crippen LogP contribution in [0.3, 0.4) is 0 Å². The molecule has 3 unspecified atom stereocenters. The van der Waals surface area contributed by atoms with Gasteiger partial charge in [-0.15, -0.1) is 0 Å². The molecule has 0 saturated heterocycles. The Morgan fingerprint density at radius 1 is 1.14 bits per heavy atom. The van der Waals surface area contributed by atoms with E-state index in [1.165, 1.54) is 23.9 Å². The average molecular weight is 377 g/mol. The normalized spacial score (nSPS) is 22.2. The number of esters is 1. The average Bonchev–Trinajstić information content (AvgIpc) is 3.24. The van der Waals surface area contributed by atoms with Crippen LogP contribution in [0.15, 0.2) is 54.6 Å². The van der Waals surface area contributed by atoms with Crippen molar-refractivity contribution in [1.82, 2.24) is 0 Å². The van der Waals surface area contributed by atoms with Crippen LogP contribution in [0.25, 0.3) is 0 Å². The Kier molecular flexibility index (Phi) is 5.12. The van der Waals surface area contributed by atoms with Crippen LogP contribution in [-0.2, 0) is 4.74 Å². The lowest BCUT2D eigenvalue weighted by Crippen LogP contribution is -2.30. The van der Waals surface area contributed by atoms with Crippen molar-refractivity contribution in [2.24, 2.45) is 5.92 Å². The minimum Gasteiger partial charge on any atom is -0.465 e. The van der Waals surface area contributed by atoms with Gasteiger partial charge in [-0.05, 0) is 55.5 Å². The van der Waals surface area contributed by atoms with E-state index in [-0.39, 0.29) is 12.0 Å². The van der Waals surface area contributed by atoms with Crippen LogP contribution in [0, 0.1) is 5.92 Å². The Hall–Kier alpha value is -2.75. The SMILES string of the molecule is CCN(CC)c1ccc(C2Nc3c(C(=O)OC)cccc3C3C=CCC32)cc1. The third kappa shape index (κ3) is 3.07. The van der Waals surface area contributed by atoms with Crippen LogP contribution in [0.1, 0.15) is 53.7 Å². The quantitative estimate of drug-likeness (QED) is 0.579. The minimum atomic E-state index is -0.291. The molecule has 28 heavy (non-hydrogen) atoms. The van der Waals surface area contributed by atoms with Crippen molar-refractivity contribution in [3.05, 3.63) is 71.3 Å². The van der Waals surface area contributed by atoms with Crippen molar-refractivity contribution < 1.29 is 9.53 Å². The highest BCUT2D eigenvalue weighted by Crippen LogP contribution is 2.50. The fraction of sp³-hybridized carbons (Fsp3) is 0.375. The number of fused-ring (bicyclic) bond motifs is 3. The highest BCUT2D eigenvalue weighted by atomic mass is 16.5. The van der Waals surface area contributed by atoms with E-state index in [0.717, 1.165) is 25.2 Å². The maximum atomic E-state index is 12.3. The first-order valence-electron chi connectivity index (χ1n) is 10.2. The molecule has 3 atom stereocenters. The number of benzene rings is 2. The number of rotatable bonds is 5. The van der Waals surface area contributed by atoms with Gasteiger partial charge in [0.15, 0.2) is 0 Å². The van der Waals surface area contributed by atoms with Crippen LogP contribution in [0.5, 0.6) is 0 Å². The molecule has 2 aromatic carbocycles. The summed E-state index contributed by atoms with van der Waals surface area (Å²) in [6.45, 7) is 6.37. The van der Waals surface area contributed by atoms with Crippen molar-refractivity contribution in [2.75, 3.05) is 30.4 Å². The maximum absolute atomic E-state index is 12.3. The van der Waals surface area contributed by atoms with Gasteiger partial charge in [-0.3, -0.25) is 0 Å². The number of anilines is 2. The largest absolute Gasteiger partial charge is 0.465 e. The van der Waals surface area contributed by atoms with Crippen LogP contribution >= 0.6 is 0 Å². The van der Waals surface area contributed by atoms with Crippen molar-refractivity contribution in [1.29, 1.82) is 0 Å². The predicted molar refractivity (Wildman–Crippen MR) is 114 cm³/mol. The molecule has 0 fully saturated rings. The number of carbonyl (C=O) groups excluding carboxylic acids is 1. The van der Waals surface area contributed by atoms with Crippen LogP contribution in [0.2, 0.25) is 0 Å². The number of allylic oxidation sites excluding steroid dienone is 2. The Bertz CT molecular complexity index is 884. The van der Waals surface area contributed by atoms with E-state index in [1.807, 2.05) is 12.1 Å². The molecule has 0 spiro atoms. The Labute approximate surface area is 167 Å². The number of nitrogens with one attached hydrogen (secondary N) is 1. The van der Waals surface area contributed by atoms with E-state index >= 15 is 0 Å². The summed E-state index contributed by atoms with van der Waals surface area (Å²) in [5, 5.41) is 3.69. The van der Waals surface area contributed by atoms with E-state index in [4.69, 9.17) is 4.74 Å². The molecule has 1 heterocycles. The standard InChI is InChI=1S/C24H28N2O2/c1-4-26(5-2)17-14-12-16(13-15-17)22-19-9-6-8-18(19)20-10-7-11-21(23(20)25-22)24(27)28-3/h6-8,10-15,18-19,22,25H,4-5,9H2,1-3H3. The molecule has 0 saturated carbocycles. The van der Waals surface area contributed by atoms with E-state index in [0.29, 0.717) is 17.4 Å². The Balaban J connectivity index is 1.71. The monoisotopic (exact) mass is 376 g/mol. The van der Waals surface area contributed by atoms with Gasteiger partial charge in [0.25, 0.3) is 0 Å². The molecule has 4 heteroatoms. The lowest BCUT2D eigenvalue weighted by molar-refractivity contribution is 0.0601. The molecular weight excluding hydrogens is 348 g/mol. The first kappa shape index (κ1) is 18.6. The van der Waals surface area contributed by atoms with Gasteiger partial charge in [-0.25, -0.2) is 4.79 Å². The highest BCUT2D eigenvalue weighted by Gasteiger charge is 2.39. The molecule has 1 aliphatic heterocycles. The van der Waals surface area contributed by atoms with Crippen LogP contribution in [-0.4, -0.2) is 26.2 Å². The lowest BCUT2D eigenvalue weighted by atomic mass is 9.76. The van der Waals surface area contributed by atoms with Gasteiger partial charge in [0.1, 0.15) is 0 Å². The summed E-state index contributed by atoms with van der Waals surface area (Å²) in [6, 6.07) is 15.0. The Morgan fingerprint density at radius 3 is 2.57 bits per heavy atom. The number of carbonyl (C=O) groups is 1. The van der Waals surface area contributed by atoms with Gasteiger partial charge in [-0.2, -0.15) is 0 Å². The van der Waals surface area contributed by atoms with E-state index in [1.54, 1.807) is 0 Å². The fourth-order valence-electron chi connectivity index (χ4n) is 4.71. The zero-order valence-electron chi connectivity index (χ0n) is 16.8. The number of ether oxygens (including phenoxy) is 1. The molecule has 2 aliphatic rings. The maximum Gasteiger partial charge on any atom is 0.339 e. The van der Waals surface area contributed by atoms with Crippen LogP contribution in [0.4, 0.5) is 11.4 Å². The third-order valence-corrected chi connectivity index (χ3v) is 6.18. The van der Waals surface area contributed by atoms with Gasteiger partial charge >= 0.3 is 5.97 Å². The van der Waals surface area contributed by atoms with Crippen LogP contribution < -0.4 is 10.2 Å². The first-order chi connectivity index (χ1) is 13.7. The fourth-order valence-corrected chi connectivity index (χ4v) is 4.71.